The number of hydrogen-bond acceptors (Lipinski definition) is 6. The van der Waals surface area contributed by atoms with Crippen LogP contribution in [0.4, 0.5) is 13.2 Å². The summed E-state index contributed by atoms with van der Waals surface area (Å²) in [5.74, 6) is -0.558. The van der Waals surface area contributed by atoms with E-state index in [4.69, 9.17) is 45.6 Å². The van der Waals surface area contributed by atoms with Crippen LogP contribution in [0.3, 0.4) is 0 Å². The lowest BCUT2D eigenvalue weighted by molar-refractivity contribution is -0.0510. The van der Waals surface area contributed by atoms with Gasteiger partial charge in [-0.15, -0.1) is 23.2 Å². The Balaban J connectivity index is 0.000000401. The minimum Gasteiger partial charge on any atom is -0.464 e. The Labute approximate surface area is 307 Å². The highest BCUT2D eigenvalue weighted by Crippen LogP contribution is 2.27. The molecule has 2 heterocycles. The lowest BCUT2D eigenvalue weighted by Gasteiger charge is -2.24. The molecule has 2 aromatic carbocycles. The number of nitrogens with zero attached hydrogens (tertiary/aromatic N) is 1. The van der Waals surface area contributed by atoms with E-state index in [1.807, 2.05) is 54.1 Å². The molecule has 0 saturated carbocycles. The summed E-state index contributed by atoms with van der Waals surface area (Å²) in [4.78, 5) is 26.9. The van der Waals surface area contributed by atoms with Gasteiger partial charge in [-0.1, -0.05) is 60.7 Å². The van der Waals surface area contributed by atoms with Crippen LogP contribution in [0.25, 0.3) is 0 Å². The van der Waals surface area contributed by atoms with E-state index in [9.17, 15) is 22.8 Å². The van der Waals surface area contributed by atoms with Crippen molar-refractivity contribution >= 4 is 45.3 Å². The largest absolute Gasteiger partial charge is 0.522 e. The van der Waals surface area contributed by atoms with Crippen molar-refractivity contribution in [1.29, 1.82) is 0 Å². The molecule has 0 amide bonds. The molecule has 0 unspecified atom stereocenters. The fourth-order valence-corrected chi connectivity index (χ4v) is 4.82. The first-order valence-corrected chi connectivity index (χ1v) is 18.0. The molecule has 0 aliphatic rings. The predicted octanol–water partition coefficient (Wildman–Crippen LogP) is 8.83. The fourth-order valence-electron chi connectivity index (χ4n) is 4.82. The van der Waals surface area contributed by atoms with Gasteiger partial charge in [0.15, 0.2) is 0 Å². The quantitative estimate of drug-likeness (QED) is 0.0792. The number of ether oxygens (including phenoxy) is 2. The van der Waals surface area contributed by atoms with Gasteiger partial charge in [-0.25, -0.2) is 9.59 Å². The zero-order valence-corrected chi connectivity index (χ0v) is 31.9. The molecular formula is C36H45Cl2F3N2O7S. The zero-order valence-electron chi connectivity index (χ0n) is 29.6. The lowest BCUT2D eigenvalue weighted by atomic mass is 10.0. The SMILES string of the molecule is COC(=O)c1[nH]cc(C)c1CCc1ccccc1.COC(=O)c1c(CCc2ccccc2)c(C)cn1C(C)(C)C.ClCCl.O=S(=O)(O)C(F)(F)F. The van der Waals surface area contributed by atoms with Gasteiger partial charge in [0.2, 0.25) is 0 Å². The number of aromatic nitrogens is 2. The molecule has 0 spiro atoms. The van der Waals surface area contributed by atoms with Crippen molar-refractivity contribution in [1.82, 2.24) is 9.55 Å². The van der Waals surface area contributed by atoms with Crippen molar-refractivity contribution in [3.8, 4) is 0 Å². The standard InChI is InChI=1S/C19H25NO2.C15H17NO2.CH2Cl2.CHF3O3S/c1-14-13-20(19(2,3)4)17(18(21)22-5)16(14)12-11-15-9-7-6-8-10-15;1-11-10-16-14(15(17)18-2)13(11)9-8-12-6-4-3-5-7-12;2-1-3;2-1(3,4)8(5,6)7/h6-10,13H,11-12H2,1-5H3;3-7,10,16H,8-9H2,1-2H3;1H2;(H,5,6,7). The second-order valence-electron chi connectivity index (χ2n) is 12.0. The molecular weight excluding hydrogens is 732 g/mol. The molecule has 0 saturated heterocycles. The molecule has 0 atom stereocenters. The van der Waals surface area contributed by atoms with Crippen LogP contribution in [-0.4, -0.2) is 59.5 Å². The number of hydrogen-bond donors (Lipinski definition) is 2. The van der Waals surface area contributed by atoms with E-state index in [0.717, 1.165) is 47.9 Å². The van der Waals surface area contributed by atoms with Gasteiger partial charge in [-0.05, 0) is 93.7 Å². The molecule has 0 aliphatic carbocycles. The fraction of sp³-hybridized carbons (Fsp3) is 0.389. The predicted molar refractivity (Wildman–Crippen MR) is 194 cm³/mol. The molecule has 0 fully saturated rings. The van der Waals surface area contributed by atoms with E-state index in [1.54, 1.807) is 0 Å². The van der Waals surface area contributed by atoms with Crippen LogP contribution in [0.1, 0.15) is 75.1 Å². The van der Waals surface area contributed by atoms with E-state index in [0.29, 0.717) is 11.4 Å². The molecule has 51 heavy (non-hydrogen) atoms. The third-order valence-corrected chi connectivity index (χ3v) is 7.92. The van der Waals surface area contributed by atoms with Crippen LogP contribution < -0.4 is 0 Å². The van der Waals surface area contributed by atoms with Crippen molar-refractivity contribution in [2.75, 3.05) is 19.6 Å². The molecule has 4 rings (SSSR count). The maximum atomic E-state index is 12.3. The summed E-state index contributed by atoms with van der Waals surface area (Å²) < 4.78 is 69.4. The Morgan fingerprint density at radius 3 is 1.57 bits per heavy atom. The number of H-pyrrole nitrogens is 1. The number of alkyl halides is 5. The van der Waals surface area contributed by atoms with E-state index in [-0.39, 0.29) is 22.8 Å². The van der Waals surface area contributed by atoms with Crippen molar-refractivity contribution in [2.45, 2.75) is 71.3 Å². The number of methoxy groups -OCH3 is 2. The first-order valence-electron chi connectivity index (χ1n) is 15.5. The summed E-state index contributed by atoms with van der Waals surface area (Å²) >= 11 is 9.53. The van der Waals surface area contributed by atoms with E-state index in [1.165, 1.54) is 25.3 Å². The Morgan fingerprint density at radius 1 is 0.784 bits per heavy atom. The maximum Gasteiger partial charge on any atom is 0.522 e. The summed E-state index contributed by atoms with van der Waals surface area (Å²) in [6.45, 7) is 10.4. The summed E-state index contributed by atoms with van der Waals surface area (Å²) in [5, 5.41) is 0.194. The average Bonchev–Trinajstić information content (AvgIpc) is 3.61. The Bertz CT molecular complexity index is 1770. The number of carbonyl (C=O) groups excluding carboxylic acids is 2. The number of esters is 2. The second-order valence-corrected chi connectivity index (χ2v) is 14.2. The molecule has 0 bridgehead atoms. The third-order valence-electron chi connectivity index (χ3n) is 7.33. The number of aryl methyl sites for hydroxylation is 4. The highest BCUT2D eigenvalue weighted by Gasteiger charge is 2.44. The molecule has 15 heteroatoms. The van der Waals surface area contributed by atoms with Gasteiger partial charge in [-0.3, -0.25) is 4.55 Å². The Hall–Kier alpha value is -3.78. The van der Waals surface area contributed by atoms with Crippen molar-refractivity contribution in [3.05, 3.63) is 118 Å². The Kier molecular flexibility index (Phi) is 18.6. The molecule has 9 nitrogen and oxygen atoms in total. The van der Waals surface area contributed by atoms with Gasteiger partial charge in [0.25, 0.3) is 0 Å². The summed E-state index contributed by atoms with van der Waals surface area (Å²) in [7, 11) is -2.99. The number of benzene rings is 2. The van der Waals surface area contributed by atoms with Gasteiger partial charge in [0, 0.05) is 17.9 Å². The molecule has 282 valence electrons. The minimum atomic E-state index is -5.84. The van der Waals surface area contributed by atoms with Gasteiger partial charge >= 0.3 is 27.6 Å². The molecule has 2 aromatic heterocycles. The summed E-state index contributed by atoms with van der Waals surface area (Å²) in [6.07, 6.45) is 7.43. The Morgan fingerprint density at radius 2 is 1.20 bits per heavy atom. The average molecular weight is 778 g/mol. The van der Waals surface area contributed by atoms with Crippen LogP contribution in [0.2, 0.25) is 0 Å². The summed E-state index contributed by atoms with van der Waals surface area (Å²) in [5.41, 5.74) is 2.50. The van der Waals surface area contributed by atoms with Crippen LogP contribution in [0, 0.1) is 13.8 Å². The van der Waals surface area contributed by atoms with Crippen molar-refractivity contribution in [2.24, 2.45) is 0 Å². The first-order chi connectivity index (χ1) is 23.7. The normalized spacial score (nSPS) is 11.2. The molecule has 2 N–H and O–H groups in total. The highest BCUT2D eigenvalue weighted by molar-refractivity contribution is 7.86. The topological polar surface area (TPSA) is 128 Å². The molecule has 4 aromatic rings. The monoisotopic (exact) mass is 776 g/mol. The van der Waals surface area contributed by atoms with Crippen LogP contribution in [0.15, 0.2) is 73.1 Å². The van der Waals surface area contributed by atoms with Crippen molar-refractivity contribution < 1.29 is 45.2 Å². The smallest absolute Gasteiger partial charge is 0.464 e. The number of nitrogens with one attached hydrogen (secondary N) is 1. The number of aromatic amines is 1. The van der Waals surface area contributed by atoms with Crippen LogP contribution in [0.5, 0.6) is 0 Å². The molecule has 0 aliphatic heterocycles. The van der Waals surface area contributed by atoms with Crippen molar-refractivity contribution in [3.63, 3.8) is 0 Å². The third kappa shape index (κ3) is 14.8. The highest BCUT2D eigenvalue weighted by atomic mass is 35.5. The first kappa shape index (κ1) is 45.2. The lowest BCUT2D eigenvalue weighted by Crippen LogP contribution is -2.26. The number of rotatable bonds is 8. The minimum absolute atomic E-state index is 0.153. The zero-order chi connectivity index (χ0) is 39.0. The van der Waals surface area contributed by atoms with E-state index in [2.05, 4.69) is 63.1 Å². The van der Waals surface area contributed by atoms with Gasteiger partial charge in [0.1, 0.15) is 11.4 Å². The van der Waals surface area contributed by atoms with Gasteiger partial charge in [0.05, 0.1) is 19.6 Å². The van der Waals surface area contributed by atoms with Gasteiger partial charge in [-0.2, -0.15) is 21.6 Å². The maximum absolute atomic E-state index is 12.3. The second kappa shape index (κ2) is 20.9. The van der Waals surface area contributed by atoms with E-state index < -0.39 is 15.6 Å². The van der Waals surface area contributed by atoms with E-state index >= 15 is 0 Å². The number of carbonyl (C=O) groups is 2. The van der Waals surface area contributed by atoms with Gasteiger partial charge < -0.3 is 19.0 Å². The van der Waals surface area contributed by atoms with Crippen LogP contribution in [-0.2, 0) is 50.8 Å². The van der Waals surface area contributed by atoms with Crippen LogP contribution >= 0.6 is 23.2 Å². The molecule has 0 radical (unpaired) electrons. The number of halogens is 5. The summed E-state index contributed by atoms with van der Waals surface area (Å²) in [6, 6.07) is 20.6.